The molecule has 0 unspecified atom stereocenters. The monoisotopic (exact) mass is 529 g/mol. The van der Waals surface area contributed by atoms with E-state index in [-0.39, 0.29) is 18.9 Å². The Morgan fingerprint density at radius 3 is 2.58 bits per heavy atom. The summed E-state index contributed by atoms with van der Waals surface area (Å²) in [4.78, 5) is 33.7. The number of nitrogens with one attached hydrogen (secondary N) is 1. The van der Waals surface area contributed by atoms with E-state index in [0.29, 0.717) is 36.0 Å². The molecule has 2 aromatic heterocycles. The molecular weight excluding hydrogens is 502 g/mol. The zero-order chi connectivity index (χ0) is 26.5. The van der Waals surface area contributed by atoms with Gasteiger partial charge in [0, 0.05) is 35.0 Å². The number of aromatic nitrogens is 2. The average Bonchev–Trinajstić information content (AvgIpc) is 3.55. The van der Waals surface area contributed by atoms with Crippen LogP contribution in [-0.2, 0) is 35.6 Å². The normalized spacial score (nSPS) is 13.5. The Labute approximate surface area is 224 Å². The first-order chi connectivity index (χ1) is 18.5. The summed E-state index contributed by atoms with van der Waals surface area (Å²) in [7, 11) is 1.60. The summed E-state index contributed by atoms with van der Waals surface area (Å²) in [6.45, 7) is 0.612. The minimum Gasteiger partial charge on any atom is -0.496 e. The van der Waals surface area contributed by atoms with Gasteiger partial charge in [0.1, 0.15) is 23.1 Å². The molecule has 0 radical (unpaired) electrons. The van der Waals surface area contributed by atoms with Crippen LogP contribution < -0.4 is 14.8 Å². The smallest absolute Gasteiger partial charge is 0.304 e. The zero-order valence-electron chi connectivity index (χ0n) is 20.8. The molecule has 0 fully saturated rings. The van der Waals surface area contributed by atoms with Gasteiger partial charge in [-0.05, 0) is 42.2 Å². The molecule has 2 heterocycles. The Bertz CT molecular complexity index is 1430. The molecule has 2 N–H and O–H groups in total. The number of thiazole rings is 1. The summed E-state index contributed by atoms with van der Waals surface area (Å²) in [5.41, 5.74) is 3.56. The third kappa shape index (κ3) is 5.52. The van der Waals surface area contributed by atoms with E-state index in [0.717, 1.165) is 27.9 Å². The van der Waals surface area contributed by atoms with Crippen LogP contribution in [0.25, 0.3) is 11.3 Å². The van der Waals surface area contributed by atoms with Crippen LogP contribution in [0.4, 0.5) is 0 Å². The fraction of sp³-hybridized carbons (Fsp3) is 0.241. The topological polar surface area (TPSA) is 111 Å². The van der Waals surface area contributed by atoms with Crippen LogP contribution in [0.2, 0.25) is 0 Å². The maximum atomic E-state index is 13.3. The fourth-order valence-electron chi connectivity index (χ4n) is 4.83. The van der Waals surface area contributed by atoms with Crippen LogP contribution in [0.15, 0.2) is 72.4 Å². The van der Waals surface area contributed by atoms with Crippen molar-refractivity contribution >= 4 is 23.2 Å². The van der Waals surface area contributed by atoms with Gasteiger partial charge in [-0.25, -0.2) is 4.98 Å². The van der Waals surface area contributed by atoms with Gasteiger partial charge in [-0.1, -0.05) is 30.3 Å². The first-order valence-electron chi connectivity index (χ1n) is 12.2. The number of amides is 1. The first kappa shape index (κ1) is 25.4. The number of carboxylic acid groups (broad SMARTS) is 1. The van der Waals surface area contributed by atoms with Crippen LogP contribution in [0.5, 0.6) is 11.5 Å². The minimum absolute atomic E-state index is 0.218. The number of carbonyl (C=O) groups is 2. The lowest BCUT2D eigenvalue weighted by atomic mass is 9.80. The van der Waals surface area contributed by atoms with Gasteiger partial charge < -0.3 is 19.9 Å². The van der Waals surface area contributed by atoms with E-state index in [2.05, 4.69) is 10.3 Å². The van der Waals surface area contributed by atoms with Crippen molar-refractivity contribution in [3.63, 3.8) is 0 Å². The third-order valence-corrected chi connectivity index (χ3v) is 7.53. The molecule has 0 atom stereocenters. The van der Waals surface area contributed by atoms with Gasteiger partial charge in [0.05, 0.1) is 31.2 Å². The quantitative estimate of drug-likeness (QED) is 0.307. The highest BCUT2D eigenvalue weighted by atomic mass is 32.1. The summed E-state index contributed by atoms with van der Waals surface area (Å²) >= 11 is 1.42. The Balaban J connectivity index is 1.25. The Kier molecular flexibility index (Phi) is 7.37. The van der Waals surface area contributed by atoms with Crippen molar-refractivity contribution in [2.45, 2.75) is 32.4 Å². The summed E-state index contributed by atoms with van der Waals surface area (Å²) in [5, 5.41) is 15.1. The van der Waals surface area contributed by atoms with Crippen LogP contribution in [0, 0.1) is 5.41 Å². The molecule has 1 amide bonds. The second-order valence-electron chi connectivity index (χ2n) is 9.29. The van der Waals surface area contributed by atoms with Gasteiger partial charge in [0.15, 0.2) is 0 Å². The number of aliphatic carboxylic acids is 1. The fourth-order valence-corrected chi connectivity index (χ4v) is 5.57. The molecule has 4 aromatic rings. The Morgan fingerprint density at radius 2 is 1.89 bits per heavy atom. The van der Waals surface area contributed by atoms with Crippen molar-refractivity contribution < 1.29 is 24.2 Å². The Hall–Kier alpha value is -4.24. The molecule has 1 aliphatic carbocycles. The molecule has 194 valence electrons. The summed E-state index contributed by atoms with van der Waals surface area (Å²) in [6.07, 6.45) is 4.09. The van der Waals surface area contributed by atoms with Crippen LogP contribution in [0.1, 0.15) is 28.1 Å². The van der Waals surface area contributed by atoms with Gasteiger partial charge in [0.2, 0.25) is 5.91 Å². The molecule has 38 heavy (non-hydrogen) atoms. The summed E-state index contributed by atoms with van der Waals surface area (Å²) in [5.74, 6) is 0.0437. The molecule has 0 aliphatic heterocycles. The largest absolute Gasteiger partial charge is 0.496 e. The van der Waals surface area contributed by atoms with Crippen molar-refractivity contribution in [3.8, 4) is 22.8 Å². The second-order valence-corrected chi connectivity index (χ2v) is 10.2. The first-order valence-corrected chi connectivity index (χ1v) is 13.1. The third-order valence-electron chi connectivity index (χ3n) is 6.68. The van der Waals surface area contributed by atoms with Gasteiger partial charge in [-0.3, -0.25) is 14.6 Å². The average molecular weight is 530 g/mol. The second kappa shape index (κ2) is 11.0. The number of methoxy groups -OCH3 is 1. The minimum atomic E-state index is -0.996. The van der Waals surface area contributed by atoms with E-state index in [9.17, 15) is 14.7 Å². The predicted molar refractivity (Wildman–Crippen MR) is 143 cm³/mol. The number of carbonyl (C=O) groups excluding carboxylic acids is 1. The van der Waals surface area contributed by atoms with Crippen molar-refractivity contribution in [1.82, 2.24) is 15.3 Å². The number of rotatable bonds is 10. The van der Waals surface area contributed by atoms with E-state index < -0.39 is 11.4 Å². The molecule has 0 saturated heterocycles. The summed E-state index contributed by atoms with van der Waals surface area (Å²) in [6, 6.07) is 17.1. The van der Waals surface area contributed by atoms with Crippen molar-refractivity contribution in [1.29, 1.82) is 0 Å². The lowest BCUT2D eigenvalue weighted by Gasteiger charge is -2.25. The van der Waals surface area contributed by atoms with E-state index in [4.69, 9.17) is 14.5 Å². The molecule has 0 bridgehead atoms. The highest BCUT2D eigenvalue weighted by molar-refractivity contribution is 7.09. The highest BCUT2D eigenvalue weighted by Crippen LogP contribution is 2.40. The molecule has 8 nitrogen and oxygen atoms in total. The molecule has 0 spiro atoms. The lowest BCUT2D eigenvalue weighted by Crippen LogP contribution is -2.43. The van der Waals surface area contributed by atoms with Crippen LogP contribution in [0.3, 0.4) is 0 Å². The molecule has 9 heteroatoms. The highest BCUT2D eigenvalue weighted by Gasteiger charge is 2.45. The predicted octanol–water partition coefficient (Wildman–Crippen LogP) is 4.67. The van der Waals surface area contributed by atoms with E-state index >= 15 is 0 Å². The number of hydrogen-bond donors (Lipinski definition) is 2. The number of fused-ring (bicyclic) bond motifs is 1. The van der Waals surface area contributed by atoms with Crippen LogP contribution >= 0.6 is 11.3 Å². The maximum absolute atomic E-state index is 13.3. The lowest BCUT2D eigenvalue weighted by molar-refractivity contribution is -0.145. The number of pyridine rings is 1. The number of nitrogens with zero attached hydrogens (tertiary/aromatic N) is 2. The zero-order valence-corrected chi connectivity index (χ0v) is 21.7. The molecular formula is C29H27N3O5S. The van der Waals surface area contributed by atoms with Gasteiger partial charge in [-0.2, -0.15) is 0 Å². The number of benzene rings is 2. The van der Waals surface area contributed by atoms with Crippen molar-refractivity contribution in [2.24, 2.45) is 5.41 Å². The summed E-state index contributed by atoms with van der Waals surface area (Å²) < 4.78 is 11.5. The van der Waals surface area contributed by atoms with Crippen LogP contribution in [-0.4, -0.2) is 34.1 Å². The molecule has 2 aromatic carbocycles. The number of carboxylic acids is 1. The molecule has 1 aliphatic rings. The van der Waals surface area contributed by atoms with Crippen molar-refractivity contribution in [2.75, 3.05) is 7.11 Å². The van der Waals surface area contributed by atoms with Gasteiger partial charge >= 0.3 is 5.97 Å². The number of hydrogen-bond acceptors (Lipinski definition) is 7. The maximum Gasteiger partial charge on any atom is 0.304 e. The molecule has 5 rings (SSSR count). The molecule has 0 saturated carbocycles. The number of ether oxygens (including phenoxy) is 2. The van der Waals surface area contributed by atoms with Gasteiger partial charge in [-0.15, -0.1) is 11.3 Å². The SMILES string of the molecule is COc1cc(OCc2cccnc2)ccc1-c1csc(CNC(=O)C2(CC(=O)O)Cc3ccccc3C2)n1. The van der Waals surface area contributed by atoms with Crippen molar-refractivity contribution in [3.05, 3.63) is 94.1 Å². The van der Waals surface area contributed by atoms with Gasteiger partial charge in [0.25, 0.3) is 0 Å². The Morgan fingerprint density at radius 1 is 1.11 bits per heavy atom. The van der Waals surface area contributed by atoms with E-state index in [1.165, 1.54) is 11.3 Å². The standard InChI is InChI=1S/C29H27N3O5S/c1-36-25-11-22(37-17-19-5-4-10-30-15-19)8-9-23(25)24-18-38-26(32-24)16-31-28(35)29(14-27(33)34)12-20-6-2-3-7-21(20)13-29/h2-11,15,18H,12-14,16-17H2,1H3,(H,31,35)(H,33,34). The van der Waals surface area contributed by atoms with E-state index in [1.54, 1.807) is 19.5 Å². The van der Waals surface area contributed by atoms with E-state index in [1.807, 2.05) is 60.0 Å².